The van der Waals surface area contributed by atoms with Gasteiger partial charge in [-0.05, 0) is 31.2 Å². The van der Waals surface area contributed by atoms with E-state index in [9.17, 15) is 4.79 Å². The second-order valence-corrected chi connectivity index (χ2v) is 5.55. The number of benzene rings is 1. The molecule has 2 rings (SSSR count). The van der Waals surface area contributed by atoms with Crippen LogP contribution in [0.2, 0.25) is 5.02 Å². The highest BCUT2D eigenvalue weighted by Gasteiger charge is 2.17. The van der Waals surface area contributed by atoms with E-state index in [4.69, 9.17) is 21.1 Å². The van der Waals surface area contributed by atoms with Crippen molar-refractivity contribution >= 4 is 29.9 Å². The summed E-state index contributed by atoms with van der Waals surface area (Å²) in [4.78, 5) is 11.8. The summed E-state index contributed by atoms with van der Waals surface area (Å²) in [6.45, 7) is 4.48. The fraction of sp³-hybridized carbons (Fsp3) is 0.533. The summed E-state index contributed by atoms with van der Waals surface area (Å²) in [6, 6.07) is 7.27. The van der Waals surface area contributed by atoms with Gasteiger partial charge in [0.1, 0.15) is 11.9 Å². The normalized spacial score (nSPS) is 18.9. The maximum atomic E-state index is 11.8. The first kappa shape index (κ1) is 19.0. The molecule has 1 aliphatic rings. The quantitative estimate of drug-likeness (QED) is 0.825. The smallest absolute Gasteiger partial charge is 0.221 e. The van der Waals surface area contributed by atoms with Crippen molar-refractivity contribution in [3.05, 3.63) is 29.3 Å². The number of ether oxygens (including phenoxy) is 2. The molecular weight excluding hydrogens is 327 g/mol. The average Bonchev–Trinajstić information content (AvgIpc) is 2.49. The second kappa shape index (κ2) is 9.90. The Morgan fingerprint density at radius 3 is 2.86 bits per heavy atom. The minimum atomic E-state index is -0.106. The highest BCUT2D eigenvalue weighted by atomic mass is 35.5. The predicted octanol–water partition coefficient (Wildman–Crippen LogP) is 2.02. The van der Waals surface area contributed by atoms with Crippen LogP contribution in [0.25, 0.3) is 0 Å². The molecule has 0 saturated carbocycles. The molecule has 22 heavy (non-hydrogen) atoms. The zero-order chi connectivity index (χ0) is 15.1. The predicted molar refractivity (Wildman–Crippen MR) is 89.0 cm³/mol. The number of halogens is 2. The molecule has 1 saturated heterocycles. The summed E-state index contributed by atoms with van der Waals surface area (Å²) in [6.07, 6.45) is 0.318. The SMILES string of the molecule is CC(CNC(=O)CC1COCCN1)Oc1ccc(Cl)cc1.Cl. The first-order valence-corrected chi connectivity index (χ1v) is 7.51. The van der Waals surface area contributed by atoms with Crippen molar-refractivity contribution in [1.82, 2.24) is 10.6 Å². The van der Waals surface area contributed by atoms with Gasteiger partial charge in [0.15, 0.2) is 0 Å². The lowest BCUT2D eigenvalue weighted by atomic mass is 10.2. The summed E-state index contributed by atoms with van der Waals surface area (Å²) in [7, 11) is 0. The van der Waals surface area contributed by atoms with Crippen LogP contribution < -0.4 is 15.4 Å². The van der Waals surface area contributed by atoms with E-state index >= 15 is 0 Å². The van der Waals surface area contributed by atoms with E-state index in [1.807, 2.05) is 19.1 Å². The summed E-state index contributed by atoms with van der Waals surface area (Å²) >= 11 is 5.81. The largest absolute Gasteiger partial charge is 0.489 e. The van der Waals surface area contributed by atoms with Crippen LogP contribution in [0.5, 0.6) is 5.75 Å². The molecule has 1 aliphatic heterocycles. The number of amides is 1. The molecule has 1 aromatic rings. The molecule has 0 radical (unpaired) electrons. The Kier molecular flexibility index (Phi) is 8.56. The minimum Gasteiger partial charge on any atom is -0.489 e. The van der Waals surface area contributed by atoms with Crippen molar-refractivity contribution in [2.24, 2.45) is 0 Å². The van der Waals surface area contributed by atoms with E-state index in [2.05, 4.69) is 10.6 Å². The molecule has 2 atom stereocenters. The maximum absolute atomic E-state index is 11.8. The van der Waals surface area contributed by atoms with E-state index < -0.39 is 0 Å². The number of nitrogens with one attached hydrogen (secondary N) is 2. The number of morpholine rings is 1. The number of carbonyl (C=O) groups excluding carboxylic acids is 1. The van der Waals surface area contributed by atoms with Crippen molar-refractivity contribution < 1.29 is 14.3 Å². The fourth-order valence-electron chi connectivity index (χ4n) is 2.09. The van der Waals surface area contributed by atoms with E-state index in [1.54, 1.807) is 12.1 Å². The van der Waals surface area contributed by atoms with Gasteiger partial charge in [0.05, 0.1) is 19.8 Å². The van der Waals surface area contributed by atoms with E-state index in [0.717, 1.165) is 12.3 Å². The van der Waals surface area contributed by atoms with Crippen LogP contribution >= 0.6 is 24.0 Å². The topological polar surface area (TPSA) is 59.6 Å². The van der Waals surface area contributed by atoms with Gasteiger partial charge < -0.3 is 20.1 Å². The van der Waals surface area contributed by atoms with Crippen LogP contribution in [0.1, 0.15) is 13.3 Å². The third kappa shape index (κ3) is 6.83. The van der Waals surface area contributed by atoms with Gasteiger partial charge in [-0.3, -0.25) is 4.79 Å². The first-order chi connectivity index (χ1) is 10.1. The molecule has 1 fully saturated rings. The van der Waals surface area contributed by atoms with E-state index in [0.29, 0.717) is 31.2 Å². The van der Waals surface area contributed by atoms with Crippen molar-refractivity contribution in [3.8, 4) is 5.75 Å². The van der Waals surface area contributed by atoms with Gasteiger partial charge in [0.25, 0.3) is 0 Å². The van der Waals surface area contributed by atoms with Gasteiger partial charge in [-0.2, -0.15) is 0 Å². The van der Waals surface area contributed by atoms with Gasteiger partial charge in [-0.25, -0.2) is 0 Å². The van der Waals surface area contributed by atoms with Crippen LogP contribution in [0.4, 0.5) is 0 Å². The molecule has 1 aromatic carbocycles. The Bertz CT molecular complexity index is 451. The average molecular weight is 349 g/mol. The maximum Gasteiger partial charge on any atom is 0.221 e. The molecule has 0 aromatic heterocycles. The number of carbonyl (C=O) groups is 1. The van der Waals surface area contributed by atoms with Crippen molar-refractivity contribution in [1.29, 1.82) is 0 Å². The summed E-state index contributed by atoms with van der Waals surface area (Å²) < 4.78 is 11.0. The lowest BCUT2D eigenvalue weighted by Crippen LogP contribution is -2.45. The Morgan fingerprint density at radius 1 is 1.50 bits per heavy atom. The third-order valence-corrected chi connectivity index (χ3v) is 3.42. The standard InChI is InChI=1S/C15H21ClN2O3.ClH/c1-11(21-14-4-2-12(16)3-5-14)9-18-15(19)8-13-10-20-7-6-17-13;/h2-5,11,13,17H,6-10H2,1H3,(H,18,19);1H. The molecule has 0 bridgehead atoms. The Morgan fingerprint density at radius 2 is 2.23 bits per heavy atom. The van der Waals surface area contributed by atoms with Gasteiger partial charge in [0, 0.05) is 24.0 Å². The molecule has 2 unspecified atom stereocenters. The summed E-state index contributed by atoms with van der Waals surface area (Å²) in [5.74, 6) is 0.744. The van der Waals surface area contributed by atoms with Crippen molar-refractivity contribution in [2.45, 2.75) is 25.5 Å². The van der Waals surface area contributed by atoms with Crippen molar-refractivity contribution in [2.75, 3.05) is 26.3 Å². The highest BCUT2D eigenvalue weighted by molar-refractivity contribution is 6.30. The number of rotatable bonds is 6. The number of hydrogen-bond acceptors (Lipinski definition) is 4. The summed E-state index contributed by atoms with van der Waals surface area (Å²) in [5.41, 5.74) is 0. The van der Waals surface area contributed by atoms with Gasteiger partial charge in [-0.15, -0.1) is 12.4 Å². The zero-order valence-corrected chi connectivity index (χ0v) is 14.1. The summed E-state index contributed by atoms with van der Waals surface area (Å²) in [5, 5.41) is 6.80. The fourth-order valence-corrected chi connectivity index (χ4v) is 2.22. The van der Waals surface area contributed by atoms with Gasteiger partial charge in [-0.1, -0.05) is 11.6 Å². The molecule has 1 heterocycles. The molecule has 5 nitrogen and oxygen atoms in total. The Balaban J connectivity index is 0.00000242. The monoisotopic (exact) mass is 348 g/mol. The van der Waals surface area contributed by atoms with Gasteiger partial charge in [0.2, 0.25) is 5.91 Å². The molecular formula is C15H22Cl2N2O3. The first-order valence-electron chi connectivity index (χ1n) is 7.13. The highest BCUT2D eigenvalue weighted by Crippen LogP contribution is 2.16. The molecule has 2 N–H and O–H groups in total. The number of hydrogen-bond donors (Lipinski definition) is 2. The molecule has 7 heteroatoms. The van der Waals surface area contributed by atoms with Crippen LogP contribution in [0.15, 0.2) is 24.3 Å². The minimum absolute atomic E-state index is 0. The van der Waals surface area contributed by atoms with Crippen LogP contribution in [-0.2, 0) is 9.53 Å². The second-order valence-electron chi connectivity index (χ2n) is 5.12. The molecule has 0 aliphatic carbocycles. The lowest BCUT2D eigenvalue weighted by Gasteiger charge is -2.23. The van der Waals surface area contributed by atoms with Gasteiger partial charge >= 0.3 is 0 Å². The van der Waals surface area contributed by atoms with Crippen LogP contribution in [0.3, 0.4) is 0 Å². The third-order valence-electron chi connectivity index (χ3n) is 3.17. The van der Waals surface area contributed by atoms with E-state index in [-0.39, 0.29) is 30.5 Å². The Labute approximate surface area is 142 Å². The Hall–Kier alpha value is -1.01. The van der Waals surface area contributed by atoms with Crippen molar-refractivity contribution in [3.63, 3.8) is 0 Å². The molecule has 1 amide bonds. The van der Waals surface area contributed by atoms with E-state index in [1.165, 1.54) is 0 Å². The van der Waals surface area contributed by atoms with Crippen LogP contribution in [-0.4, -0.2) is 44.4 Å². The molecule has 0 spiro atoms. The zero-order valence-electron chi connectivity index (χ0n) is 12.5. The lowest BCUT2D eigenvalue weighted by molar-refractivity contribution is -0.122. The molecule has 124 valence electrons. The van der Waals surface area contributed by atoms with Crippen LogP contribution in [0, 0.1) is 0 Å².